The normalized spacial score (nSPS) is 14.6. The molecule has 0 saturated heterocycles. The summed E-state index contributed by atoms with van der Waals surface area (Å²) in [7, 11) is 0. The largest absolute Gasteiger partial charge is 0.310 e. The zero-order valence-electron chi connectivity index (χ0n) is 63.6. The standard InChI is InChI=1S/C112H74N4/c1-5-25-79(26-6-1)113(85-59-65-109-97(71-85)95-67-75(53-63-107(95)115(109)81-29-9-3-10-30-81)77-51-61-93-91-37-17-23-43-103(91)111(105(93)69-77)99-39-19-13-33-87(99)88-34-14-20-40-100(88)111)83-55-47-73(48-56-83)45-46-74-49-57-84(58-50-74)114(80-27-7-2-8-28-80)86-60-66-110-98(72-86)96-68-76(54-64-108(96)116(110)82-31-11-4-12-32-82)78-52-62-94-92-38-18-24-44-104(92)112(106(94)70-78)101-41-21-15-35-89(101)90-36-16-22-42-102(90)112/h1-69,71-72,78H,70H2/b46-45+. The molecule has 0 fully saturated rings. The molecule has 24 rings (SSSR count). The third-order valence-corrected chi connectivity index (χ3v) is 25.9. The van der Waals surface area contributed by atoms with Crippen LogP contribution in [-0.2, 0) is 10.8 Å². The highest BCUT2D eigenvalue weighted by Crippen LogP contribution is 2.66. The first-order valence-electron chi connectivity index (χ1n) is 40.5. The summed E-state index contributed by atoms with van der Waals surface area (Å²) >= 11 is 0. The first-order chi connectivity index (χ1) is 57.5. The van der Waals surface area contributed by atoms with Crippen LogP contribution in [0.15, 0.2) is 424 Å². The molecule has 2 spiro atoms. The predicted octanol–water partition coefficient (Wildman–Crippen LogP) is 28.8. The fourth-order valence-electron chi connectivity index (χ4n) is 21.0. The number of rotatable bonds is 12. The summed E-state index contributed by atoms with van der Waals surface area (Å²) in [6, 6.07) is 152. The minimum absolute atomic E-state index is 0.166. The zero-order valence-corrected chi connectivity index (χ0v) is 63.6. The Labute approximate surface area is 674 Å². The van der Waals surface area contributed by atoms with Crippen LogP contribution in [0, 0.1) is 0 Å². The van der Waals surface area contributed by atoms with Crippen molar-refractivity contribution in [3.05, 3.63) is 485 Å². The van der Waals surface area contributed by atoms with Gasteiger partial charge in [-0.3, -0.25) is 0 Å². The van der Waals surface area contributed by atoms with E-state index in [1.165, 1.54) is 138 Å². The molecular formula is C112H74N4. The van der Waals surface area contributed by atoms with Gasteiger partial charge in [0.15, 0.2) is 0 Å². The Kier molecular flexibility index (Phi) is 14.7. The minimum atomic E-state index is -0.431. The van der Waals surface area contributed by atoms with Gasteiger partial charge in [-0.1, -0.05) is 291 Å². The quantitative estimate of drug-likeness (QED) is 0.113. The van der Waals surface area contributed by atoms with E-state index in [1.54, 1.807) is 0 Å². The maximum Gasteiger partial charge on any atom is 0.0725 e. The highest BCUT2D eigenvalue weighted by molar-refractivity contribution is 6.13. The van der Waals surface area contributed by atoms with Gasteiger partial charge in [0, 0.05) is 73.0 Å². The Morgan fingerprint density at radius 2 is 0.595 bits per heavy atom. The molecule has 1 unspecified atom stereocenters. The third-order valence-electron chi connectivity index (χ3n) is 25.9. The van der Waals surface area contributed by atoms with E-state index < -0.39 is 5.41 Å². The van der Waals surface area contributed by atoms with E-state index in [0.717, 1.165) is 74.1 Å². The Morgan fingerprint density at radius 1 is 0.259 bits per heavy atom. The van der Waals surface area contributed by atoms with Gasteiger partial charge in [0.05, 0.1) is 32.9 Å². The lowest BCUT2D eigenvalue weighted by Gasteiger charge is -2.35. The molecule has 19 aromatic rings. The smallest absolute Gasteiger partial charge is 0.0725 e. The van der Waals surface area contributed by atoms with Crippen LogP contribution in [0.3, 0.4) is 0 Å². The van der Waals surface area contributed by atoms with Crippen molar-refractivity contribution < 1.29 is 0 Å². The number of allylic oxidation sites excluding steroid dienone is 4. The monoisotopic (exact) mass is 1470 g/mol. The van der Waals surface area contributed by atoms with Crippen LogP contribution in [0.4, 0.5) is 34.1 Å². The number of nitrogens with zero attached hydrogens (tertiary/aromatic N) is 4. The molecule has 2 heterocycles. The number of fused-ring (bicyclic) bond motifs is 25. The number of benzene rings is 17. The average Bonchev–Trinajstić information content (AvgIpc) is 1.51. The van der Waals surface area contributed by atoms with Gasteiger partial charge in [-0.05, 0) is 263 Å². The van der Waals surface area contributed by atoms with E-state index in [1.807, 2.05) is 0 Å². The summed E-state index contributed by atoms with van der Waals surface area (Å²) in [5.41, 5.74) is 40.3. The molecule has 5 aliphatic carbocycles. The Balaban J connectivity index is 0.554. The molecule has 4 heteroatoms. The molecule has 0 N–H and O–H groups in total. The van der Waals surface area contributed by atoms with Gasteiger partial charge in [-0.2, -0.15) is 0 Å². The molecule has 2 aromatic heterocycles. The maximum atomic E-state index is 2.51. The molecular weight excluding hydrogens is 1400 g/mol. The van der Waals surface area contributed by atoms with Crippen molar-refractivity contribution in [3.63, 3.8) is 0 Å². The minimum Gasteiger partial charge on any atom is -0.310 e. The van der Waals surface area contributed by atoms with E-state index in [-0.39, 0.29) is 11.3 Å². The maximum absolute atomic E-state index is 2.51. The second-order valence-corrected chi connectivity index (χ2v) is 31.7. The van der Waals surface area contributed by atoms with E-state index in [4.69, 9.17) is 0 Å². The summed E-state index contributed by atoms with van der Waals surface area (Å²) in [6.07, 6.45) is 10.3. The fraction of sp³-hybridized carbons (Fsp3) is 0.0357. The van der Waals surface area contributed by atoms with Crippen LogP contribution >= 0.6 is 0 Å². The highest BCUT2D eigenvalue weighted by Gasteiger charge is 2.54. The van der Waals surface area contributed by atoms with Crippen LogP contribution in [0.5, 0.6) is 0 Å². The topological polar surface area (TPSA) is 16.3 Å². The first-order valence-corrected chi connectivity index (χ1v) is 40.5. The van der Waals surface area contributed by atoms with Crippen LogP contribution in [0.2, 0.25) is 0 Å². The molecule has 0 radical (unpaired) electrons. The number of hydrogen-bond donors (Lipinski definition) is 0. The van der Waals surface area contributed by atoms with Crippen molar-refractivity contribution in [2.24, 2.45) is 0 Å². The van der Waals surface area contributed by atoms with Crippen LogP contribution in [0.1, 0.15) is 73.5 Å². The molecule has 116 heavy (non-hydrogen) atoms. The van der Waals surface area contributed by atoms with Crippen LogP contribution in [0.25, 0.3) is 117 Å². The van der Waals surface area contributed by atoms with Crippen LogP contribution in [-0.4, -0.2) is 9.13 Å². The predicted molar refractivity (Wildman–Crippen MR) is 483 cm³/mol. The molecule has 17 aromatic carbocycles. The van der Waals surface area contributed by atoms with E-state index >= 15 is 0 Å². The summed E-state index contributed by atoms with van der Waals surface area (Å²) in [5, 5.41) is 4.83. The van der Waals surface area contributed by atoms with Gasteiger partial charge in [-0.15, -0.1) is 0 Å². The van der Waals surface area contributed by atoms with Gasteiger partial charge < -0.3 is 18.9 Å². The summed E-state index contributed by atoms with van der Waals surface area (Å²) < 4.78 is 4.88. The second-order valence-electron chi connectivity index (χ2n) is 31.7. The van der Waals surface area contributed by atoms with Gasteiger partial charge in [0.1, 0.15) is 0 Å². The SMILES string of the molecule is C1=CC(c2ccc3c(c2)c2cc(N(c4ccccc4)c4ccc(/C=C/c5ccc(N(c6ccccc6)c6ccc7c(c6)c6cc(-c8ccc9c(c8)C8(c%10ccccc%10-c%10ccccc%108)c8ccccc8-9)ccc6n7-c6ccccc6)cc5)cc4)ccc2n3-c2ccccc2)CC2=C1c1ccccc1C21c2ccccc2-c2ccccc21. The van der Waals surface area contributed by atoms with E-state index in [0.29, 0.717) is 0 Å². The Hall–Kier alpha value is -14.8. The molecule has 0 aliphatic heterocycles. The van der Waals surface area contributed by atoms with Crippen molar-refractivity contribution >= 4 is 95.5 Å². The third kappa shape index (κ3) is 9.68. The molecule has 5 aliphatic rings. The molecule has 1 atom stereocenters. The molecule has 0 bridgehead atoms. The van der Waals surface area contributed by atoms with Gasteiger partial charge >= 0.3 is 0 Å². The van der Waals surface area contributed by atoms with E-state index in [9.17, 15) is 0 Å². The van der Waals surface area contributed by atoms with Crippen molar-refractivity contribution in [2.75, 3.05) is 9.80 Å². The van der Waals surface area contributed by atoms with Gasteiger partial charge in [0.2, 0.25) is 0 Å². The van der Waals surface area contributed by atoms with Crippen molar-refractivity contribution in [1.82, 2.24) is 9.13 Å². The summed E-state index contributed by atoms with van der Waals surface area (Å²) in [4.78, 5) is 4.80. The number of para-hydroxylation sites is 4. The van der Waals surface area contributed by atoms with Gasteiger partial charge in [0.25, 0.3) is 0 Å². The van der Waals surface area contributed by atoms with Crippen molar-refractivity contribution in [2.45, 2.75) is 23.2 Å². The first kappa shape index (κ1) is 65.8. The summed E-state index contributed by atoms with van der Waals surface area (Å²) in [5.74, 6) is 0.166. The van der Waals surface area contributed by atoms with E-state index in [2.05, 4.69) is 450 Å². The molecule has 542 valence electrons. The Morgan fingerprint density at radius 3 is 1.06 bits per heavy atom. The van der Waals surface area contributed by atoms with Gasteiger partial charge in [-0.25, -0.2) is 0 Å². The average molecular weight is 1480 g/mol. The molecule has 4 nitrogen and oxygen atoms in total. The van der Waals surface area contributed by atoms with Crippen molar-refractivity contribution in [3.8, 4) is 55.9 Å². The Bertz CT molecular complexity index is 7230. The molecule has 0 amide bonds. The number of hydrogen-bond acceptors (Lipinski definition) is 2. The second kappa shape index (κ2) is 25.9. The zero-order chi connectivity index (χ0) is 76.2. The molecule has 0 saturated carbocycles. The van der Waals surface area contributed by atoms with Crippen LogP contribution < -0.4 is 9.80 Å². The number of aromatic nitrogens is 2. The van der Waals surface area contributed by atoms with Crippen molar-refractivity contribution in [1.29, 1.82) is 0 Å². The lowest BCUT2D eigenvalue weighted by molar-refractivity contribution is 0.679. The lowest BCUT2D eigenvalue weighted by Crippen LogP contribution is -2.28. The number of anilines is 6. The fourth-order valence-corrected chi connectivity index (χ4v) is 21.0. The lowest BCUT2D eigenvalue weighted by atomic mass is 9.66. The highest BCUT2D eigenvalue weighted by atomic mass is 15.1. The summed E-state index contributed by atoms with van der Waals surface area (Å²) in [6.45, 7) is 0.